The quantitative estimate of drug-likeness (QED) is 0.400. The van der Waals surface area contributed by atoms with E-state index >= 15 is 0 Å². The second kappa shape index (κ2) is 6.77. The molecule has 1 N–H and O–H groups in total. The highest BCUT2D eigenvalue weighted by Gasteiger charge is 2.19. The Labute approximate surface area is 127 Å². The van der Waals surface area contributed by atoms with Crippen molar-refractivity contribution in [1.82, 2.24) is 0 Å². The maximum Gasteiger partial charge on any atom is 0.405 e. The predicted octanol–water partition coefficient (Wildman–Crippen LogP) is 1.53. The Morgan fingerprint density at radius 2 is 1.87 bits per heavy atom. The molecule has 0 saturated carbocycles. The van der Waals surface area contributed by atoms with Crippen LogP contribution in [0.25, 0.3) is 0 Å². The lowest BCUT2D eigenvalue weighted by Crippen LogP contribution is -2.35. The van der Waals surface area contributed by atoms with Crippen LogP contribution in [-0.2, 0) is 9.53 Å². The molecule has 0 saturated heterocycles. The highest BCUT2D eigenvalue weighted by molar-refractivity contribution is 5.94. The van der Waals surface area contributed by atoms with Crippen LogP contribution in [0.2, 0.25) is 0 Å². The average molecular weight is 326 g/mol. The van der Waals surface area contributed by atoms with Crippen LogP contribution < -0.4 is 10.0 Å². The van der Waals surface area contributed by atoms with Crippen LogP contribution >= 0.6 is 0 Å². The number of carbonyl (C=O) groups is 2. The summed E-state index contributed by atoms with van der Waals surface area (Å²) in [5.41, 5.74) is -0.956. The van der Waals surface area contributed by atoms with Gasteiger partial charge in [0.05, 0.1) is 5.69 Å². The van der Waals surface area contributed by atoms with Crippen LogP contribution in [0.4, 0.5) is 18.9 Å². The lowest BCUT2D eigenvalue weighted by molar-refractivity contribution is -0.608. The topological polar surface area (TPSA) is 82.3 Å². The van der Waals surface area contributed by atoms with E-state index in [4.69, 9.17) is 0 Å². The van der Waals surface area contributed by atoms with Gasteiger partial charge in [-0.1, -0.05) is 0 Å². The van der Waals surface area contributed by atoms with Gasteiger partial charge in [-0.05, 0) is 18.2 Å². The van der Waals surface area contributed by atoms with Crippen molar-refractivity contribution in [3.8, 4) is 0 Å². The summed E-state index contributed by atoms with van der Waals surface area (Å²) in [5, 5.41) is 13.2. The Balaban J connectivity index is 1.97. The predicted molar refractivity (Wildman–Crippen MR) is 70.6 cm³/mol. The zero-order valence-corrected chi connectivity index (χ0v) is 11.4. The van der Waals surface area contributed by atoms with E-state index in [1.165, 1.54) is 18.2 Å². The van der Waals surface area contributed by atoms with E-state index in [0.717, 1.165) is 12.3 Å². The van der Waals surface area contributed by atoms with Crippen molar-refractivity contribution in [3.05, 3.63) is 64.9 Å². The Hall–Kier alpha value is -3.10. The number of pyridine rings is 1. The van der Waals surface area contributed by atoms with Gasteiger partial charge < -0.3 is 15.3 Å². The number of hydrogen-bond donors (Lipinski definition) is 1. The van der Waals surface area contributed by atoms with Crippen molar-refractivity contribution < 1.29 is 32.2 Å². The Kier molecular flexibility index (Phi) is 4.79. The highest BCUT2D eigenvalue weighted by atomic mass is 19.2. The molecule has 1 amide bonds. The molecule has 23 heavy (non-hydrogen) atoms. The summed E-state index contributed by atoms with van der Waals surface area (Å²) in [7, 11) is 0. The minimum atomic E-state index is -1.74. The molecular weight excluding hydrogens is 317 g/mol. The molecule has 0 aliphatic carbocycles. The van der Waals surface area contributed by atoms with E-state index in [0.29, 0.717) is 6.07 Å². The summed E-state index contributed by atoms with van der Waals surface area (Å²) in [6, 6.07) is 5.44. The third kappa shape index (κ3) is 3.76. The zero-order valence-electron chi connectivity index (χ0n) is 11.4. The first-order chi connectivity index (χ1) is 10.9. The summed E-state index contributed by atoms with van der Waals surface area (Å²) in [6.45, 7) is -0.841. The molecule has 1 aromatic carbocycles. The Bertz CT molecular complexity index is 768. The lowest BCUT2D eigenvalue weighted by atomic mass is 10.3. The number of esters is 1. The summed E-state index contributed by atoms with van der Waals surface area (Å²) in [5.74, 6) is -6.78. The highest BCUT2D eigenvalue weighted by Crippen LogP contribution is 2.19. The molecule has 0 radical (unpaired) electrons. The molecule has 120 valence electrons. The molecule has 6 nitrogen and oxygen atoms in total. The van der Waals surface area contributed by atoms with E-state index in [2.05, 4.69) is 4.74 Å². The van der Waals surface area contributed by atoms with Gasteiger partial charge in [-0.2, -0.15) is 4.73 Å². The number of rotatable bonds is 4. The zero-order chi connectivity index (χ0) is 17.0. The largest absolute Gasteiger partial charge is 0.618 e. The van der Waals surface area contributed by atoms with Crippen LogP contribution in [-0.4, -0.2) is 18.5 Å². The monoisotopic (exact) mass is 326 g/mol. The van der Waals surface area contributed by atoms with Crippen LogP contribution in [0.15, 0.2) is 36.5 Å². The Morgan fingerprint density at radius 1 is 1.13 bits per heavy atom. The average Bonchev–Trinajstić information content (AvgIpc) is 2.53. The van der Waals surface area contributed by atoms with Crippen LogP contribution in [0.3, 0.4) is 0 Å². The first kappa shape index (κ1) is 16.3. The molecule has 0 atom stereocenters. The molecule has 0 aliphatic heterocycles. The fraction of sp³-hybridized carbons (Fsp3) is 0.0714. The second-order valence-electron chi connectivity index (χ2n) is 4.26. The molecular formula is C14H9F3N2O4. The maximum atomic E-state index is 13.4. The molecule has 1 heterocycles. The van der Waals surface area contributed by atoms with E-state index in [9.17, 15) is 28.0 Å². The van der Waals surface area contributed by atoms with E-state index in [1.807, 2.05) is 5.32 Å². The molecule has 0 bridgehead atoms. The number of nitrogens with zero attached hydrogens (tertiary/aromatic N) is 1. The van der Waals surface area contributed by atoms with Crippen molar-refractivity contribution in [1.29, 1.82) is 0 Å². The summed E-state index contributed by atoms with van der Waals surface area (Å²) in [6.07, 6.45) is 1.06. The molecule has 0 fully saturated rings. The van der Waals surface area contributed by atoms with Crippen LogP contribution in [0.5, 0.6) is 0 Å². The van der Waals surface area contributed by atoms with Crippen molar-refractivity contribution in [2.45, 2.75) is 0 Å². The number of anilines is 1. The minimum absolute atomic E-state index is 0.245. The van der Waals surface area contributed by atoms with Gasteiger partial charge in [0.2, 0.25) is 0 Å². The number of halogens is 3. The van der Waals surface area contributed by atoms with Gasteiger partial charge in [-0.25, -0.2) is 18.0 Å². The Morgan fingerprint density at radius 3 is 2.57 bits per heavy atom. The van der Waals surface area contributed by atoms with Gasteiger partial charge in [-0.3, -0.25) is 4.79 Å². The smallest absolute Gasteiger partial charge is 0.405 e. The van der Waals surface area contributed by atoms with Crippen molar-refractivity contribution in [2.24, 2.45) is 0 Å². The fourth-order valence-corrected chi connectivity index (χ4v) is 1.60. The molecule has 0 unspecified atom stereocenters. The number of hydrogen-bond acceptors (Lipinski definition) is 4. The number of carbonyl (C=O) groups excluding carboxylic acids is 2. The molecule has 9 heteroatoms. The SMILES string of the molecule is O=C(COC(=O)c1cccc[n+]1[O-])Nc1ccc(F)c(F)c1F. The van der Waals surface area contributed by atoms with Crippen molar-refractivity contribution >= 4 is 17.6 Å². The molecule has 0 spiro atoms. The van der Waals surface area contributed by atoms with Gasteiger partial charge in [0.25, 0.3) is 5.91 Å². The summed E-state index contributed by atoms with van der Waals surface area (Å²) in [4.78, 5) is 23.1. The van der Waals surface area contributed by atoms with Crippen LogP contribution in [0, 0.1) is 22.7 Å². The van der Waals surface area contributed by atoms with Gasteiger partial charge in [0, 0.05) is 12.1 Å². The van der Waals surface area contributed by atoms with E-state index < -0.39 is 41.6 Å². The van der Waals surface area contributed by atoms with Crippen molar-refractivity contribution in [3.63, 3.8) is 0 Å². The number of nitrogens with one attached hydrogen (secondary N) is 1. The standard InChI is InChI=1S/C14H9F3N2O4/c15-8-4-5-9(13(17)12(8)16)18-11(20)7-23-14(21)10-3-1-2-6-19(10)22/h1-6H,7H2,(H,18,20). The fourth-order valence-electron chi connectivity index (χ4n) is 1.60. The van der Waals surface area contributed by atoms with Gasteiger partial charge in [-0.15, -0.1) is 0 Å². The van der Waals surface area contributed by atoms with Crippen LogP contribution in [0.1, 0.15) is 10.5 Å². The number of aromatic nitrogens is 1. The molecule has 2 rings (SSSR count). The number of benzene rings is 1. The maximum absolute atomic E-state index is 13.4. The first-order valence-corrected chi connectivity index (χ1v) is 6.19. The summed E-state index contributed by atoms with van der Waals surface area (Å²) >= 11 is 0. The molecule has 0 aliphatic rings. The van der Waals surface area contributed by atoms with Gasteiger partial charge in [0.1, 0.15) is 0 Å². The summed E-state index contributed by atoms with van der Waals surface area (Å²) < 4.78 is 43.9. The molecule has 1 aromatic heterocycles. The third-order valence-electron chi connectivity index (χ3n) is 2.68. The number of ether oxygens (including phenoxy) is 1. The first-order valence-electron chi connectivity index (χ1n) is 6.19. The van der Waals surface area contributed by atoms with Crippen molar-refractivity contribution in [2.75, 3.05) is 11.9 Å². The van der Waals surface area contributed by atoms with Gasteiger partial charge >= 0.3 is 11.7 Å². The third-order valence-corrected chi connectivity index (χ3v) is 2.68. The molecule has 2 aromatic rings. The van der Waals surface area contributed by atoms with Gasteiger partial charge in [0.15, 0.2) is 30.3 Å². The normalized spacial score (nSPS) is 10.2. The van der Waals surface area contributed by atoms with E-state index in [1.54, 1.807) is 0 Å². The number of amides is 1. The lowest BCUT2D eigenvalue weighted by Gasteiger charge is -2.08. The minimum Gasteiger partial charge on any atom is -0.618 e. The second-order valence-corrected chi connectivity index (χ2v) is 4.26. The van der Waals surface area contributed by atoms with E-state index in [-0.39, 0.29) is 10.4 Å².